The second-order valence-electron chi connectivity index (χ2n) is 3.99. The van der Waals surface area contributed by atoms with E-state index in [0.717, 1.165) is 20.8 Å². The molecule has 0 amide bonds. The SMILES string of the molecule is C[C@H](N)[C@H](O)c1cccc2cccc(Br)c12. The van der Waals surface area contributed by atoms with E-state index in [0.29, 0.717) is 0 Å². The van der Waals surface area contributed by atoms with Crippen molar-refractivity contribution in [3.05, 3.63) is 46.4 Å². The second-order valence-corrected chi connectivity index (χ2v) is 4.84. The molecule has 2 rings (SSSR count). The van der Waals surface area contributed by atoms with E-state index in [9.17, 15) is 5.11 Å². The summed E-state index contributed by atoms with van der Waals surface area (Å²) in [4.78, 5) is 0. The molecular weight excluding hydrogens is 266 g/mol. The fourth-order valence-corrected chi connectivity index (χ4v) is 2.46. The molecular formula is C13H14BrNO. The molecule has 3 heteroatoms. The lowest BCUT2D eigenvalue weighted by molar-refractivity contribution is 0.155. The molecule has 0 radical (unpaired) electrons. The first-order chi connectivity index (χ1) is 7.61. The lowest BCUT2D eigenvalue weighted by Gasteiger charge is -2.17. The Kier molecular flexibility index (Phi) is 3.28. The van der Waals surface area contributed by atoms with Gasteiger partial charge >= 0.3 is 0 Å². The van der Waals surface area contributed by atoms with E-state index in [4.69, 9.17) is 5.73 Å². The van der Waals surface area contributed by atoms with Gasteiger partial charge in [0.1, 0.15) is 0 Å². The lowest BCUT2D eigenvalue weighted by Crippen LogP contribution is -2.24. The monoisotopic (exact) mass is 279 g/mol. The van der Waals surface area contributed by atoms with Crippen LogP contribution in [0, 0.1) is 0 Å². The topological polar surface area (TPSA) is 46.2 Å². The molecule has 2 nitrogen and oxygen atoms in total. The number of benzene rings is 2. The molecule has 0 unspecified atom stereocenters. The fourth-order valence-electron chi connectivity index (χ4n) is 1.85. The van der Waals surface area contributed by atoms with E-state index in [1.165, 1.54) is 0 Å². The van der Waals surface area contributed by atoms with Gasteiger partial charge in [0.2, 0.25) is 0 Å². The van der Waals surface area contributed by atoms with Crippen LogP contribution < -0.4 is 5.73 Å². The lowest BCUT2D eigenvalue weighted by atomic mass is 9.97. The van der Waals surface area contributed by atoms with Crippen LogP contribution in [0.15, 0.2) is 40.9 Å². The first-order valence-electron chi connectivity index (χ1n) is 5.22. The molecule has 0 bridgehead atoms. The molecule has 0 heterocycles. The Morgan fingerprint density at radius 3 is 2.44 bits per heavy atom. The second kappa shape index (κ2) is 4.53. The molecule has 3 N–H and O–H groups in total. The number of hydrogen-bond acceptors (Lipinski definition) is 2. The van der Waals surface area contributed by atoms with Crippen molar-refractivity contribution < 1.29 is 5.11 Å². The van der Waals surface area contributed by atoms with Gasteiger partial charge in [-0.25, -0.2) is 0 Å². The molecule has 2 aromatic carbocycles. The smallest absolute Gasteiger partial charge is 0.0944 e. The molecule has 84 valence electrons. The molecule has 2 atom stereocenters. The van der Waals surface area contributed by atoms with Crippen LogP contribution in [0.3, 0.4) is 0 Å². The van der Waals surface area contributed by atoms with Crippen LogP contribution >= 0.6 is 15.9 Å². The van der Waals surface area contributed by atoms with Gasteiger partial charge in [0, 0.05) is 15.9 Å². The van der Waals surface area contributed by atoms with E-state index in [1.807, 2.05) is 36.4 Å². The third kappa shape index (κ3) is 1.98. The minimum absolute atomic E-state index is 0.280. The van der Waals surface area contributed by atoms with Gasteiger partial charge in [-0.05, 0) is 23.9 Å². The Morgan fingerprint density at radius 1 is 1.19 bits per heavy atom. The van der Waals surface area contributed by atoms with Gasteiger partial charge in [-0.3, -0.25) is 0 Å². The molecule has 0 aromatic heterocycles. The summed E-state index contributed by atoms with van der Waals surface area (Å²) in [6, 6.07) is 11.6. The predicted molar refractivity (Wildman–Crippen MR) is 70.3 cm³/mol. The van der Waals surface area contributed by atoms with Crippen molar-refractivity contribution in [3.8, 4) is 0 Å². The summed E-state index contributed by atoms with van der Waals surface area (Å²) in [5.41, 5.74) is 6.62. The quantitative estimate of drug-likeness (QED) is 0.888. The number of nitrogens with two attached hydrogens (primary N) is 1. The van der Waals surface area contributed by atoms with Crippen molar-refractivity contribution in [2.24, 2.45) is 5.73 Å². The zero-order chi connectivity index (χ0) is 11.7. The first kappa shape index (κ1) is 11.6. The number of aliphatic hydroxyl groups excluding tert-OH is 1. The van der Waals surface area contributed by atoms with E-state index in [1.54, 1.807) is 6.92 Å². The summed E-state index contributed by atoms with van der Waals surface area (Å²) in [5.74, 6) is 0. The highest BCUT2D eigenvalue weighted by molar-refractivity contribution is 9.10. The highest BCUT2D eigenvalue weighted by Gasteiger charge is 2.16. The third-order valence-electron chi connectivity index (χ3n) is 2.70. The number of halogens is 1. The number of fused-ring (bicyclic) bond motifs is 1. The van der Waals surface area contributed by atoms with Gasteiger partial charge in [-0.2, -0.15) is 0 Å². The van der Waals surface area contributed by atoms with E-state index < -0.39 is 6.10 Å². The van der Waals surface area contributed by atoms with Crippen molar-refractivity contribution >= 4 is 26.7 Å². The molecule has 0 aliphatic carbocycles. The van der Waals surface area contributed by atoms with Crippen LogP contribution in [0.5, 0.6) is 0 Å². The number of rotatable bonds is 2. The van der Waals surface area contributed by atoms with Gasteiger partial charge in [-0.1, -0.05) is 46.3 Å². The van der Waals surface area contributed by atoms with E-state index in [2.05, 4.69) is 15.9 Å². The van der Waals surface area contributed by atoms with Crippen LogP contribution in [0.4, 0.5) is 0 Å². The molecule has 0 saturated heterocycles. The summed E-state index contributed by atoms with van der Waals surface area (Å²) < 4.78 is 0.986. The molecule has 16 heavy (non-hydrogen) atoms. The molecule has 0 aliphatic heterocycles. The maximum Gasteiger partial charge on any atom is 0.0944 e. The van der Waals surface area contributed by atoms with Crippen LogP contribution in [0.2, 0.25) is 0 Å². The predicted octanol–water partition coefficient (Wildman–Crippen LogP) is 2.98. The molecule has 0 aliphatic rings. The molecule has 0 fully saturated rings. The Balaban J connectivity index is 2.70. The third-order valence-corrected chi connectivity index (χ3v) is 3.36. The fraction of sp³-hybridized carbons (Fsp3) is 0.231. The number of aliphatic hydroxyl groups is 1. The summed E-state index contributed by atoms with van der Waals surface area (Å²) in [5, 5.41) is 12.2. The van der Waals surface area contributed by atoms with Gasteiger partial charge < -0.3 is 10.8 Å². The van der Waals surface area contributed by atoms with Gasteiger partial charge in [0.15, 0.2) is 0 Å². The van der Waals surface area contributed by atoms with Gasteiger partial charge in [-0.15, -0.1) is 0 Å². The zero-order valence-electron chi connectivity index (χ0n) is 9.02. The van der Waals surface area contributed by atoms with Crippen molar-refractivity contribution in [2.75, 3.05) is 0 Å². The average molecular weight is 280 g/mol. The van der Waals surface area contributed by atoms with Crippen LogP contribution in [0.1, 0.15) is 18.6 Å². The van der Waals surface area contributed by atoms with Crippen molar-refractivity contribution in [3.63, 3.8) is 0 Å². The van der Waals surface area contributed by atoms with Crippen LogP contribution in [0.25, 0.3) is 10.8 Å². The zero-order valence-corrected chi connectivity index (χ0v) is 10.6. The van der Waals surface area contributed by atoms with Gasteiger partial charge in [0.25, 0.3) is 0 Å². The van der Waals surface area contributed by atoms with Crippen molar-refractivity contribution in [1.29, 1.82) is 0 Å². The Labute approximate surface area is 103 Å². The average Bonchev–Trinajstić information content (AvgIpc) is 2.27. The van der Waals surface area contributed by atoms with Crippen LogP contribution in [-0.2, 0) is 0 Å². The summed E-state index contributed by atoms with van der Waals surface area (Å²) in [7, 11) is 0. The Hall–Kier alpha value is -0.900. The highest BCUT2D eigenvalue weighted by atomic mass is 79.9. The van der Waals surface area contributed by atoms with Gasteiger partial charge in [0.05, 0.1) is 6.10 Å². The maximum absolute atomic E-state index is 10.1. The van der Waals surface area contributed by atoms with E-state index in [-0.39, 0.29) is 6.04 Å². The molecule has 0 spiro atoms. The normalized spacial score (nSPS) is 15.0. The Morgan fingerprint density at radius 2 is 1.81 bits per heavy atom. The minimum Gasteiger partial charge on any atom is -0.387 e. The summed E-state index contributed by atoms with van der Waals surface area (Å²) >= 11 is 3.51. The largest absolute Gasteiger partial charge is 0.387 e. The maximum atomic E-state index is 10.1. The minimum atomic E-state index is -0.637. The first-order valence-corrected chi connectivity index (χ1v) is 6.01. The van der Waals surface area contributed by atoms with Crippen molar-refractivity contribution in [2.45, 2.75) is 19.1 Å². The molecule has 0 saturated carbocycles. The van der Waals surface area contributed by atoms with E-state index >= 15 is 0 Å². The highest BCUT2D eigenvalue weighted by Crippen LogP contribution is 2.31. The molecule has 2 aromatic rings. The summed E-state index contributed by atoms with van der Waals surface area (Å²) in [6.07, 6.45) is -0.637. The summed E-state index contributed by atoms with van der Waals surface area (Å²) in [6.45, 7) is 1.81. The van der Waals surface area contributed by atoms with Crippen molar-refractivity contribution in [1.82, 2.24) is 0 Å². The number of hydrogen-bond donors (Lipinski definition) is 2. The van der Waals surface area contributed by atoms with Crippen LogP contribution in [-0.4, -0.2) is 11.1 Å². The standard InChI is InChI=1S/C13H14BrNO/c1-8(15)13(16)10-6-2-4-9-5-3-7-11(14)12(9)10/h2-8,13,16H,15H2,1H3/t8-,13-/m0/s1. The Bertz CT molecular complexity index is 505.